The van der Waals surface area contributed by atoms with Gasteiger partial charge < -0.3 is 10.5 Å². The first-order chi connectivity index (χ1) is 8.75. The lowest BCUT2D eigenvalue weighted by Gasteiger charge is -2.24. The van der Waals surface area contributed by atoms with E-state index in [0.29, 0.717) is 0 Å². The number of rotatable bonds is 5. The van der Waals surface area contributed by atoms with Crippen LogP contribution in [0.15, 0.2) is 29.2 Å². The Labute approximate surface area is 118 Å². The van der Waals surface area contributed by atoms with E-state index in [4.69, 9.17) is 22.1 Å². The zero-order valence-corrected chi connectivity index (χ0v) is 12.1. The molecule has 1 atom stereocenters. The molecule has 1 heterocycles. The summed E-state index contributed by atoms with van der Waals surface area (Å²) in [5.74, 6) is 1.67. The standard InChI is InChI=1S/C14H20ClNOS/c15-13-3-1-2-4-14(13)18-10-12(16)9-11-5-7-17-8-6-11/h1-4,11-12H,5-10,16H2. The van der Waals surface area contributed by atoms with Crippen LogP contribution in [0.2, 0.25) is 5.02 Å². The van der Waals surface area contributed by atoms with E-state index in [2.05, 4.69) is 0 Å². The van der Waals surface area contributed by atoms with Crippen LogP contribution in [0, 0.1) is 5.92 Å². The van der Waals surface area contributed by atoms with Crippen LogP contribution in [-0.2, 0) is 4.74 Å². The van der Waals surface area contributed by atoms with Gasteiger partial charge in [0.15, 0.2) is 0 Å². The van der Waals surface area contributed by atoms with Gasteiger partial charge in [-0.05, 0) is 37.3 Å². The molecule has 0 bridgehead atoms. The average Bonchev–Trinajstić information content (AvgIpc) is 2.39. The van der Waals surface area contributed by atoms with Gasteiger partial charge in [0.25, 0.3) is 0 Å². The maximum atomic E-state index is 6.20. The van der Waals surface area contributed by atoms with Crippen molar-refractivity contribution in [3.8, 4) is 0 Å². The van der Waals surface area contributed by atoms with Gasteiger partial charge in [0, 0.05) is 29.9 Å². The third kappa shape index (κ3) is 4.47. The molecule has 0 aliphatic carbocycles. The summed E-state index contributed by atoms with van der Waals surface area (Å²) in [6.45, 7) is 1.80. The Bertz CT molecular complexity index is 369. The van der Waals surface area contributed by atoms with Crippen molar-refractivity contribution < 1.29 is 4.74 Å². The Morgan fingerprint density at radius 1 is 1.33 bits per heavy atom. The molecular formula is C14H20ClNOS. The summed E-state index contributed by atoms with van der Waals surface area (Å²) in [5.41, 5.74) is 6.20. The molecule has 1 saturated heterocycles. The van der Waals surface area contributed by atoms with Gasteiger partial charge in [0.1, 0.15) is 0 Å². The van der Waals surface area contributed by atoms with Crippen LogP contribution in [0.5, 0.6) is 0 Å². The van der Waals surface area contributed by atoms with Gasteiger partial charge >= 0.3 is 0 Å². The van der Waals surface area contributed by atoms with Gasteiger partial charge in [-0.2, -0.15) is 0 Å². The third-order valence-corrected chi connectivity index (χ3v) is 4.97. The van der Waals surface area contributed by atoms with E-state index in [1.807, 2.05) is 24.3 Å². The fraction of sp³-hybridized carbons (Fsp3) is 0.571. The highest BCUT2D eigenvalue weighted by molar-refractivity contribution is 7.99. The summed E-state index contributed by atoms with van der Waals surface area (Å²) in [6.07, 6.45) is 3.41. The maximum absolute atomic E-state index is 6.20. The van der Waals surface area contributed by atoms with E-state index in [1.54, 1.807) is 11.8 Å². The van der Waals surface area contributed by atoms with Crippen molar-refractivity contribution in [1.82, 2.24) is 0 Å². The van der Waals surface area contributed by atoms with E-state index in [9.17, 15) is 0 Å². The minimum atomic E-state index is 0.245. The molecule has 2 nitrogen and oxygen atoms in total. The molecule has 1 fully saturated rings. The molecular weight excluding hydrogens is 266 g/mol. The summed E-state index contributed by atoms with van der Waals surface area (Å²) in [7, 11) is 0. The predicted octanol–water partition coefficient (Wildman–Crippen LogP) is 3.58. The number of nitrogens with two attached hydrogens (primary N) is 1. The van der Waals surface area contributed by atoms with Gasteiger partial charge in [-0.25, -0.2) is 0 Å². The number of thioether (sulfide) groups is 1. The SMILES string of the molecule is NC(CSc1ccccc1Cl)CC1CCOCC1. The van der Waals surface area contributed by atoms with Gasteiger partial charge in [-0.3, -0.25) is 0 Å². The van der Waals surface area contributed by atoms with Gasteiger partial charge in [-0.15, -0.1) is 11.8 Å². The van der Waals surface area contributed by atoms with E-state index in [0.717, 1.165) is 54.1 Å². The van der Waals surface area contributed by atoms with Crippen LogP contribution in [0.25, 0.3) is 0 Å². The Morgan fingerprint density at radius 2 is 2.06 bits per heavy atom. The molecule has 2 rings (SSSR count). The fourth-order valence-electron chi connectivity index (χ4n) is 2.24. The van der Waals surface area contributed by atoms with Crippen molar-refractivity contribution in [1.29, 1.82) is 0 Å². The molecule has 0 aromatic heterocycles. The fourth-order valence-corrected chi connectivity index (χ4v) is 3.45. The molecule has 1 unspecified atom stereocenters. The summed E-state index contributed by atoms with van der Waals surface area (Å²) in [4.78, 5) is 1.13. The second kappa shape index (κ2) is 7.39. The molecule has 4 heteroatoms. The van der Waals surface area contributed by atoms with Gasteiger partial charge in [0.05, 0.1) is 5.02 Å². The molecule has 1 aromatic carbocycles. The van der Waals surface area contributed by atoms with Crippen molar-refractivity contribution in [2.24, 2.45) is 11.7 Å². The zero-order valence-electron chi connectivity index (χ0n) is 10.5. The van der Waals surface area contributed by atoms with Crippen LogP contribution >= 0.6 is 23.4 Å². The topological polar surface area (TPSA) is 35.2 Å². The lowest BCUT2D eigenvalue weighted by Crippen LogP contribution is -2.28. The van der Waals surface area contributed by atoms with E-state index in [-0.39, 0.29) is 6.04 Å². The van der Waals surface area contributed by atoms with Crippen molar-refractivity contribution in [2.45, 2.75) is 30.2 Å². The first kappa shape index (κ1) is 14.2. The number of benzene rings is 1. The Hall–Kier alpha value is -0.220. The monoisotopic (exact) mass is 285 g/mol. The van der Waals surface area contributed by atoms with Crippen molar-refractivity contribution in [2.75, 3.05) is 19.0 Å². The Morgan fingerprint density at radius 3 is 2.78 bits per heavy atom. The highest BCUT2D eigenvalue weighted by atomic mass is 35.5. The second-order valence-corrected chi connectivity index (χ2v) is 6.26. The van der Waals surface area contributed by atoms with Crippen LogP contribution in [0.4, 0.5) is 0 Å². The molecule has 18 heavy (non-hydrogen) atoms. The van der Waals surface area contributed by atoms with Crippen molar-refractivity contribution in [3.05, 3.63) is 29.3 Å². The molecule has 0 amide bonds. The predicted molar refractivity (Wildman–Crippen MR) is 78.3 cm³/mol. The maximum Gasteiger partial charge on any atom is 0.0541 e. The number of ether oxygens (including phenoxy) is 1. The number of hydrogen-bond acceptors (Lipinski definition) is 3. The summed E-state index contributed by atoms with van der Waals surface area (Å²) < 4.78 is 5.36. The van der Waals surface area contributed by atoms with Crippen LogP contribution < -0.4 is 5.73 Å². The molecule has 0 saturated carbocycles. The van der Waals surface area contributed by atoms with Crippen LogP contribution in [-0.4, -0.2) is 25.0 Å². The molecule has 1 aliphatic heterocycles. The molecule has 0 spiro atoms. The zero-order chi connectivity index (χ0) is 12.8. The van der Waals surface area contributed by atoms with Crippen LogP contribution in [0.3, 0.4) is 0 Å². The number of hydrogen-bond donors (Lipinski definition) is 1. The highest BCUT2D eigenvalue weighted by Crippen LogP contribution is 2.28. The lowest BCUT2D eigenvalue weighted by atomic mass is 9.93. The minimum absolute atomic E-state index is 0.245. The van der Waals surface area contributed by atoms with Gasteiger partial charge in [-0.1, -0.05) is 23.7 Å². The quantitative estimate of drug-likeness (QED) is 0.840. The highest BCUT2D eigenvalue weighted by Gasteiger charge is 2.17. The largest absolute Gasteiger partial charge is 0.381 e. The van der Waals surface area contributed by atoms with Crippen molar-refractivity contribution in [3.63, 3.8) is 0 Å². The average molecular weight is 286 g/mol. The number of halogens is 1. The smallest absolute Gasteiger partial charge is 0.0541 e. The lowest BCUT2D eigenvalue weighted by molar-refractivity contribution is 0.0625. The molecule has 1 aromatic rings. The summed E-state index contributed by atoms with van der Waals surface area (Å²) in [5, 5.41) is 0.820. The Kier molecular flexibility index (Phi) is 5.83. The van der Waals surface area contributed by atoms with E-state index >= 15 is 0 Å². The Balaban J connectivity index is 1.74. The minimum Gasteiger partial charge on any atom is -0.381 e. The normalized spacial score (nSPS) is 18.8. The first-order valence-electron chi connectivity index (χ1n) is 6.46. The van der Waals surface area contributed by atoms with Gasteiger partial charge in [0.2, 0.25) is 0 Å². The third-order valence-electron chi connectivity index (χ3n) is 3.27. The molecule has 1 aliphatic rings. The summed E-state index contributed by atoms with van der Waals surface area (Å²) >= 11 is 7.88. The second-order valence-electron chi connectivity index (χ2n) is 4.79. The van der Waals surface area contributed by atoms with Crippen molar-refractivity contribution >= 4 is 23.4 Å². The van der Waals surface area contributed by atoms with E-state index < -0.39 is 0 Å². The molecule has 100 valence electrons. The van der Waals surface area contributed by atoms with E-state index in [1.165, 1.54) is 0 Å². The molecule has 0 radical (unpaired) electrons. The molecule has 2 N–H and O–H groups in total. The first-order valence-corrected chi connectivity index (χ1v) is 7.82. The summed E-state index contributed by atoms with van der Waals surface area (Å²) in [6, 6.07) is 8.18. The van der Waals surface area contributed by atoms with Crippen LogP contribution in [0.1, 0.15) is 19.3 Å².